The minimum atomic E-state index is -1.23. The highest BCUT2D eigenvalue weighted by Crippen LogP contribution is 2.41. The molecule has 0 bridgehead atoms. The highest BCUT2D eigenvalue weighted by Gasteiger charge is 2.58. The maximum absolute atomic E-state index is 14.3. The number of esters is 1. The summed E-state index contributed by atoms with van der Waals surface area (Å²) in [6, 6.07) is -0.910. The number of fused-ring (bicyclic) bond motifs is 1. The van der Waals surface area contributed by atoms with Gasteiger partial charge in [-0.05, 0) is 98.8 Å². The lowest BCUT2D eigenvalue weighted by Gasteiger charge is -2.46. The van der Waals surface area contributed by atoms with E-state index in [-0.39, 0.29) is 32.6 Å². The van der Waals surface area contributed by atoms with Gasteiger partial charge in [0, 0.05) is 43.1 Å². The van der Waals surface area contributed by atoms with Crippen molar-refractivity contribution >= 4 is 26.3 Å². The normalized spacial score (nSPS) is 40.2. The Hall–Kier alpha value is -2.38. The van der Waals surface area contributed by atoms with Gasteiger partial charge in [-0.2, -0.15) is 0 Å². The molecule has 3 saturated heterocycles. The standard InChI is InChI=1S/C35H61N6O9P/c1-12-26-35(8)29(41(33(44)50-35)16-14-13-15-38-39-36)24(6)37-19-20(2)18-34(7,46-11)30(22(4)27(42)23(5)31(43)48-26)49-32-28(51-45)25(40(9)10)17-21(3)47-32/h20-26,28-30,32,37H,12-19H2,1-11H3/t20-,21?,22-,23-,24-,25?,26-,28?,29-,30-,32+,34-,35-/m1/s1. The van der Waals surface area contributed by atoms with Gasteiger partial charge in [0.1, 0.15) is 17.7 Å². The molecule has 0 aliphatic carbocycles. The van der Waals surface area contributed by atoms with E-state index in [9.17, 15) is 18.9 Å². The third-order valence-electron chi connectivity index (χ3n) is 11.1. The van der Waals surface area contributed by atoms with E-state index in [4.69, 9.17) is 29.2 Å². The number of hydrogen-bond acceptors (Lipinski definition) is 12. The van der Waals surface area contributed by atoms with Crippen molar-refractivity contribution in [2.75, 3.05) is 40.8 Å². The first-order valence-electron chi connectivity index (χ1n) is 18.3. The van der Waals surface area contributed by atoms with Crippen molar-refractivity contribution in [3.63, 3.8) is 0 Å². The van der Waals surface area contributed by atoms with Crippen LogP contribution in [-0.4, -0.2) is 128 Å². The van der Waals surface area contributed by atoms with Gasteiger partial charge in [0.15, 0.2) is 26.1 Å². The molecule has 3 heterocycles. The monoisotopic (exact) mass is 740 g/mol. The van der Waals surface area contributed by atoms with Crippen molar-refractivity contribution in [3.05, 3.63) is 10.4 Å². The highest BCUT2D eigenvalue weighted by atomic mass is 31.1. The van der Waals surface area contributed by atoms with E-state index in [1.54, 1.807) is 25.9 Å². The molecule has 51 heavy (non-hydrogen) atoms. The van der Waals surface area contributed by atoms with Gasteiger partial charge >= 0.3 is 12.1 Å². The number of rotatable bonds is 11. The van der Waals surface area contributed by atoms with Crippen molar-refractivity contribution in [2.45, 2.75) is 147 Å². The lowest BCUT2D eigenvalue weighted by molar-refractivity contribution is -0.260. The second kappa shape index (κ2) is 18.6. The zero-order valence-electron chi connectivity index (χ0n) is 32.4. The topological polar surface area (TPSA) is 182 Å². The van der Waals surface area contributed by atoms with Crippen LogP contribution in [0, 0.1) is 17.8 Å². The molecule has 3 aliphatic heterocycles. The summed E-state index contributed by atoms with van der Waals surface area (Å²) in [6.45, 7) is 16.0. The summed E-state index contributed by atoms with van der Waals surface area (Å²) in [6.07, 6.45) is -0.686. The van der Waals surface area contributed by atoms with Crippen molar-refractivity contribution in [3.8, 4) is 0 Å². The van der Waals surface area contributed by atoms with Gasteiger partial charge in [0.2, 0.25) is 0 Å². The van der Waals surface area contributed by atoms with E-state index in [2.05, 4.69) is 22.3 Å². The number of hydrogen-bond donors (Lipinski definition) is 1. The molecule has 13 atom stereocenters. The van der Waals surface area contributed by atoms with Crippen LogP contribution >= 0.6 is 8.46 Å². The Morgan fingerprint density at radius 2 is 1.82 bits per heavy atom. The average Bonchev–Trinajstić information content (AvgIpc) is 3.35. The minimum Gasteiger partial charge on any atom is -0.458 e. The van der Waals surface area contributed by atoms with Crippen LogP contribution in [0.2, 0.25) is 0 Å². The summed E-state index contributed by atoms with van der Waals surface area (Å²) in [5, 5.41) is 7.23. The fraction of sp³-hybridized carbons (Fsp3) is 0.914. The minimum absolute atomic E-state index is 0.0102. The number of Topliss-reactive ketones (excluding diaryl/α,β-unsaturated/α-hetero) is 1. The Balaban J connectivity index is 2.04. The Morgan fingerprint density at radius 1 is 1.14 bits per heavy atom. The molecule has 0 spiro atoms. The zero-order valence-corrected chi connectivity index (χ0v) is 33.3. The van der Waals surface area contributed by atoms with E-state index in [1.165, 1.54) is 6.92 Å². The number of carbonyl (C=O) groups is 3. The number of azide groups is 1. The number of unbranched alkanes of at least 4 members (excludes halogenated alkanes) is 1. The molecule has 15 nitrogen and oxygen atoms in total. The van der Waals surface area contributed by atoms with E-state index >= 15 is 0 Å². The Bertz CT molecular complexity index is 1270. The maximum Gasteiger partial charge on any atom is 0.410 e. The Labute approximate surface area is 305 Å². The fourth-order valence-corrected chi connectivity index (χ4v) is 9.06. The molecular weight excluding hydrogens is 679 g/mol. The molecule has 1 amide bonds. The molecule has 0 aromatic rings. The van der Waals surface area contributed by atoms with E-state index in [0.29, 0.717) is 51.7 Å². The first kappa shape index (κ1) is 43.0. The molecule has 1 N–H and O–H groups in total. The molecule has 3 fully saturated rings. The molecule has 290 valence electrons. The van der Waals surface area contributed by atoms with Crippen LogP contribution in [0.15, 0.2) is 5.11 Å². The van der Waals surface area contributed by atoms with Crippen molar-refractivity contribution in [1.29, 1.82) is 0 Å². The average molecular weight is 741 g/mol. The molecular formula is C35H61N6O9P. The molecule has 16 heteroatoms. The molecule has 0 saturated carbocycles. The predicted molar refractivity (Wildman–Crippen MR) is 191 cm³/mol. The fourth-order valence-electron chi connectivity index (χ4n) is 8.29. The number of carbonyl (C=O) groups excluding carboxylic acids is 3. The number of amides is 1. The van der Waals surface area contributed by atoms with E-state index < -0.39 is 71.1 Å². The number of ketones is 1. The van der Waals surface area contributed by atoms with Gasteiger partial charge in [-0.1, -0.05) is 25.9 Å². The maximum atomic E-state index is 14.3. The summed E-state index contributed by atoms with van der Waals surface area (Å²) in [5.74, 6) is -3.16. The van der Waals surface area contributed by atoms with Crippen LogP contribution in [0.3, 0.4) is 0 Å². The summed E-state index contributed by atoms with van der Waals surface area (Å²) < 4.78 is 44.0. The first-order chi connectivity index (χ1) is 24.0. The number of nitrogens with one attached hydrogen (secondary N) is 1. The van der Waals surface area contributed by atoms with Crippen LogP contribution in [0.25, 0.3) is 10.4 Å². The van der Waals surface area contributed by atoms with E-state index in [0.717, 1.165) is 0 Å². The summed E-state index contributed by atoms with van der Waals surface area (Å²) >= 11 is 0. The number of nitrogens with zero attached hydrogens (tertiary/aromatic N) is 5. The predicted octanol–water partition coefficient (Wildman–Crippen LogP) is 5.35. The summed E-state index contributed by atoms with van der Waals surface area (Å²) in [7, 11) is 5.30. The second-order valence-electron chi connectivity index (χ2n) is 15.4. The largest absolute Gasteiger partial charge is 0.458 e. The van der Waals surface area contributed by atoms with Gasteiger partial charge < -0.3 is 33.9 Å². The third kappa shape index (κ3) is 9.79. The molecule has 0 aromatic heterocycles. The number of methoxy groups -OCH3 is 1. The van der Waals surface area contributed by atoms with Gasteiger partial charge in [-0.25, -0.2) is 4.79 Å². The van der Waals surface area contributed by atoms with Crippen molar-refractivity contribution in [1.82, 2.24) is 15.1 Å². The van der Waals surface area contributed by atoms with Crippen LogP contribution in [0.4, 0.5) is 4.79 Å². The van der Waals surface area contributed by atoms with Gasteiger partial charge in [0.05, 0.1) is 23.9 Å². The number of ether oxygens (including phenoxy) is 5. The van der Waals surface area contributed by atoms with Crippen molar-refractivity contribution in [2.24, 2.45) is 22.9 Å². The van der Waals surface area contributed by atoms with Gasteiger partial charge in [-0.15, -0.1) is 0 Å². The molecule has 0 radical (unpaired) electrons. The van der Waals surface area contributed by atoms with Crippen molar-refractivity contribution < 1.29 is 42.6 Å². The summed E-state index contributed by atoms with van der Waals surface area (Å²) in [5.41, 5.74) is 5.88. The molecule has 0 aromatic carbocycles. The highest BCUT2D eigenvalue weighted by molar-refractivity contribution is 7.25. The smallest absolute Gasteiger partial charge is 0.410 e. The van der Waals surface area contributed by atoms with Crippen LogP contribution in [-0.2, 0) is 37.8 Å². The zero-order chi connectivity index (χ0) is 38.3. The molecule has 3 unspecified atom stereocenters. The number of cyclic esters (lactones) is 1. The van der Waals surface area contributed by atoms with Crippen LogP contribution in [0.1, 0.15) is 87.5 Å². The lowest BCUT2D eigenvalue weighted by Crippen LogP contribution is -2.61. The van der Waals surface area contributed by atoms with Crippen LogP contribution in [0.5, 0.6) is 0 Å². The van der Waals surface area contributed by atoms with Gasteiger partial charge in [0.25, 0.3) is 0 Å². The molecule has 3 rings (SSSR count). The third-order valence-corrected chi connectivity index (χ3v) is 12.0. The van der Waals surface area contributed by atoms with Gasteiger partial charge in [-0.3, -0.25) is 19.1 Å². The Morgan fingerprint density at radius 3 is 2.41 bits per heavy atom. The SMILES string of the molecule is CC[C@H]1OC(=O)[C@H](C)C(=O)[C@@H](C)[C@@H](O[C@@H]2OC(C)CC(N(C)C)C2P=O)[C@](C)(OC)C[C@@H](C)CN[C@H](C)[C@H]2N(CCCCN=[N+]=[N-])C(=O)O[C@]12C. The molecule has 3 aliphatic rings. The van der Waals surface area contributed by atoms with E-state index in [1.807, 2.05) is 46.7 Å². The quantitative estimate of drug-likeness (QED) is 0.0548. The Kier molecular flexibility index (Phi) is 15.7. The first-order valence-corrected chi connectivity index (χ1v) is 19.2. The van der Waals surface area contributed by atoms with Crippen LogP contribution < -0.4 is 5.32 Å². The summed E-state index contributed by atoms with van der Waals surface area (Å²) in [4.78, 5) is 48.1. The second-order valence-corrected chi connectivity index (χ2v) is 16.2. The lowest BCUT2D eigenvalue weighted by atomic mass is 9.78.